The SMILES string of the molecule is N#Cc1cncc2c1C[n+]1ccccc1-2. The molecule has 2 aromatic rings. The Bertz CT molecular complexity index is 582. The first kappa shape index (κ1) is 8.13. The first-order valence-electron chi connectivity index (χ1n) is 4.76. The van der Waals surface area contributed by atoms with Gasteiger partial charge in [0.15, 0.2) is 12.7 Å². The molecule has 1 aliphatic rings. The Morgan fingerprint density at radius 2 is 2.27 bits per heavy atom. The van der Waals surface area contributed by atoms with Crippen LogP contribution >= 0.6 is 0 Å². The van der Waals surface area contributed by atoms with Crippen molar-refractivity contribution in [2.24, 2.45) is 0 Å². The monoisotopic (exact) mass is 194 g/mol. The van der Waals surface area contributed by atoms with Gasteiger partial charge >= 0.3 is 0 Å². The molecule has 0 aliphatic carbocycles. The van der Waals surface area contributed by atoms with Gasteiger partial charge in [-0.1, -0.05) is 0 Å². The normalized spacial score (nSPS) is 11.7. The number of nitrogens with zero attached hydrogens (tertiary/aromatic N) is 3. The third-order valence-electron chi connectivity index (χ3n) is 2.72. The molecule has 0 spiro atoms. The van der Waals surface area contributed by atoms with Crippen LogP contribution in [0.3, 0.4) is 0 Å². The third-order valence-corrected chi connectivity index (χ3v) is 2.72. The van der Waals surface area contributed by atoms with Gasteiger partial charge in [0.25, 0.3) is 0 Å². The van der Waals surface area contributed by atoms with Crippen molar-refractivity contribution in [3.63, 3.8) is 0 Å². The second-order valence-corrected chi connectivity index (χ2v) is 3.54. The Kier molecular flexibility index (Phi) is 1.57. The van der Waals surface area contributed by atoms with Crippen LogP contribution in [0.25, 0.3) is 11.3 Å². The highest BCUT2D eigenvalue weighted by molar-refractivity contribution is 5.65. The first-order valence-corrected chi connectivity index (χ1v) is 4.76. The molecule has 0 radical (unpaired) electrons. The van der Waals surface area contributed by atoms with Gasteiger partial charge in [-0.05, 0) is 6.07 Å². The lowest BCUT2D eigenvalue weighted by atomic mass is 10.1. The molecule has 70 valence electrons. The highest BCUT2D eigenvalue weighted by atomic mass is 15.0. The van der Waals surface area contributed by atoms with E-state index in [9.17, 15) is 0 Å². The Balaban J connectivity index is 2.32. The fourth-order valence-corrected chi connectivity index (χ4v) is 2.00. The molecule has 0 amide bonds. The van der Waals surface area contributed by atoms with Crippen LogP contribution in [0.15, 0.2) is 36.8 Å². The van der Waals surface area contributed by atoms with Crippen LogP contribution in [0, 0.1) is 11.3 Å². The van der Waals surface area contributed by atoms with Crippen LogP contribution in [0.4, 0.5) is 0 Å². The van der Waals surface area contributed by atoms with E-state index in [2.05, 4.69) is 21.7 Å². The molecule has 0 saturated carbocycles. The van der Waals surface area contributed by atoms with E-state index < -0.39 is 0 Å². The van der Waals surface area contributed by atoms with Gasteiger partial charge in [-0.3, -0.25) is 4.98 Å². The van der Waals surface area contributed by atoms with E-state index in [1.54, 1.807) is 6.20 Å². The zero-order valence-corrected chi connectivity index (χ0v) is 8.01. The number of hydrogen-bond acceptors (Lipinski definition) is 2. The second kappa shape index (κ2) is 2.89. The summed E-state index contributed by atoms with van der Waals surface area (Å²) in [6.45, 7) is 0.775. The minimum Gasteiger partial charge on any atom is -0.262 e. The Hall–Kier alpha value is -2.21. The third kappa shape index (κ3) is 1.05. The van der Waals surface area contributed by atoms with Crippen molar-refractivity contribution in [1.29, 1.82) is 5.26 Å². The fraction of sp³-hybridized carbons (Fsp3) is 0.0833. The molecule has 15 heavy (non-hydrogen) atoms. The molecule has 1 aliphatic heterocycles. The predicted octanol–water partition coefficient (Wildman–Crippen LogP) is 1.27. The fourth-order valence-electron chi connectivity index (χ4n) is 2.00. The van der Waals surface area contributed by atoms with E-state index in [1.807, 2.05) is 24.5 Å². The van der Waals surface area contributed by atoms with Gasteiger partial charge in [0.1, 0.15) is 6.07 Å². The minimum atomic E-state index is 0.677. The van der Waals surface area contributed by atoms with Gasteiger partial charge in [0.2, 0.25) is 5.69 Å². The molecular weight excluding hydrogens is 186 g/mol. The van der Waals surface area contributed by atoms with Crippen molar-refractivity contribution in [2.75, 3.05) is 0 Å². The maximum absolute atomic E-state index is 8.98. The first-order chi connectivity index (χ1) is 7.40. The van der Waals surface area contributed by atoms with Crippen LogP contribution in [0.2, 0.25) is 0 Å². The summed E-state index contributed by atoms with van der Waals surface area (Å²) in [5.41, 5.74) is 3.97. The molecular formula is C12H8N3+. The van der Waals surface area contributed by atoms with E-state index in [0.717, 1.165) is 23.4 Å². The summed E-state index contributed by atoms with van der Waals surface area (Å²) in [5.74, 6) is 0. The van der Waals surface area contributed by atoms with Crippen LogP contribution in [0.1, 0.15) is 11.1 Å². The van der Waals surface area contributed by atoms with Crippen molar-refractivity contribution in [1.82, 2.24) is 4.98 Å². The molecule has 3 rings (SSSR count). The van der Waals surface area contributed by atoms with Crippen LogP contribution < -0.4 is 4.57 Å². The maximum Gasteiger partial charge on any atom is 0.214 e. The van der Waals surface area contributed by atoms with Gasteiger partial charge in [0.05, 0.1) is 16.7 Å². The summed E-state index contributed by atoms with van der Waals surface area (Å²) in [7, 11) is 0. The van der Waals surface area contributed by atoms with Crippen molar-refractivity contribution < 1.29 is 4.57 Å². The summed E-state index contributed by atoms with van der Waals surface area (Å²) in [4.78, 5) is 4.09. The molecule has 0 fully saturated rings. The van der Waals surface area contributed by atoms with E-state index in [1.165, 1.54) is 0 Å². The molecule has 0 N–H and O–H groups in total. The van der Waals surface area contributed by atoms with Crippen molar-refractivity contribution >= 4 is 0 Å². The number of pyridine rings is 2. The Morgan fingerprint density at radius 1 is 1.33 bits per heavy atom. The summed E-state index contributed by atoms with van der Waals surface area (Å²) in [6.07, 6.45) is 5.48. The lowest BCUT2D eigenvalue weighted by Crippen LogP contribution is -2.31. The van der Waals surface area contributed by atoms with E-state index in [-0.39, 0.29) is 0 Å². The summed E-state index contributed by atoms with van der Waals surface area (Å²) in [5, 5.41) is 8.98. The average molecular weight is 194 g/mol. The smallest absolute Gasteiger partial charge is 0.214 e. The van der Waals surface area contributed by atoms with Crippen LogP contribution in [-0.4, -0.2) is 4.98 Å². The molecule has 0 atom stereocenters. The highest BCUT2D eigenvalue weighted by Gasteiger charge is 2.27. The Morgan fingerprint density at radius 3 is 3.13 bits per heavy atom. The highest BCUT2D eigenvalue weighted by Crippen LogP contribution is 2.27. The zero-order valence-electron chi connectivity index (χ0n) is 8.01. The lowest BCUT2D eigenvalue weighted by Gasteiger charge is -1.93. The van der Waals surface area contributed by atoms with Gasteiger partial charge in [-0.25, -0.2) is 0 Å². The van der Waals surface area contributed by atoms with Gasteiger partial charge in [0, 0.05) is 24.5 Å². The molecule has 0 bridgehead atoms. The van der Waals surface area contributed by atoms with Crippen molar-refractivity contribution in [3.8, 4) is 17.3 Å². The van der Waals surface area contributed by atoms with Crippen molar-refractivity contribution in [3.05, 3.63) is 47.9 Å². The summed E-state index contributed by atoms with van der Waals surface area (Å²) in [6, 6.07) is 8.23. The molecule has 3 heterocycles. The lowest BCUT2D eigenvalue weighted by molar-refractivity contribution is -0.672. The quantitative estimate of drug-likeness (QED) is 0.506. The number of fused-ring (bicyclic) bond motifs is 3. The average Bonchev–Trinajstić information content (AvgIpc) is 2.67. The molecule has 3 nitrogen and oxygen atoms in total. The van der Waals surface area contributed by atoms with E-state index >= 15 is 0 Å². The number of hydrogen-bond donors (Lipinski definition) is 0. The number of aromatic nitrogens is 2. The topological polar surface area (TPSA) is 40.6 Å². The van der Waals surface area contributed by atoms with E-state index in [4.69, 9.17) is 5.26 Å². The predicted molar refractivity (Wildman–Crippen MR) is 53.7 cm³/mol. The second-order valence-electron chi connectivity index (χ2n) is 3.54. The minimum absolute atomic E-state index is 0.677. The van der Waals surface area contributed by atoms with Gasteiger partial charge in [-0.15, -0.1) is 0 Å². The molecule has 3 heteroatoms. The van der Waals surface area contributed by atoms with E-state index in [0.29, 0.717) is 5.56 Å². The van der Waals surface area contributed by atoms with Gasteiger partial charge in [-0.2, -0.15) is 9.83 Å². The molecule has 0 unspecified atom stereocenters. The van der Waals surface area contributed by atoms with Gasteiger partial charge < -0.3 is 0 Å². The number of nitriles is 1. The van der Waals surface area contributed by atoms with Crippen molar-refractivity contribution in [2.45, 2.75) is 6.54 Å². The zero-order chi connectivity index (χ0) is 10.3. The largest absolute Gasteiger partial charge is 0.262 e. The molecule has 0 aromatic carbocycles. The summed E-state index contributed by atoms with van der Waals surface area (Å²) >= 11 is 0. The number of rotatable bonds is 0. The summed E-state index contributed by atoms with van der Waals surface area (Å²) < 4.78 is 2.13. The van der Waals surface area contributed by atoms with Crippen LogP contribution in [0.5, 0.6) is 0 Å². The molecule has 2 aromatic heterocycles. The standard InChI is InChI=1S/C12H8N3/c13-5-9-6-14-7-10-11(9)8-15-4-2-1-3-12(10)15/h1-4,6-7H,8H2/q+1. The molecule has 0 saturated heterocycles. The Labute approximate surface area is 87.3 Å². The van der Waals surface area contributed by atoms with Crippen LogP contribution in [-0.2, 0) is 6.54 Å². The maximum atomic E-state index is 8.98.